The number of fused-ring (bicyclic) bond motifs is 1. The number of benzene rings is 1. The molecule has 10 nitrogen and oxygen atoms in total. The highest BCUT2D eigenvalue weighted by Gasteiger charge is 2.38. The summed E-state index contributed by atoms with van der Waals surface area (Å²) in [5, 5.41) is 9.57. The molecule has 0 bridgehead atoms. The van der Waals surface area contributed by atoms with Crippen LogP contribution in [0.1, 0.15) is 50.4 Å². The van der Waals surface area contributed by atoms with E-state index in [0.29, 0.717) is 56.6 Å². The molecule has 1 amide bonds. The molecule has 13 heteroatoms. The fraction of sp³-hybridized carbons (Fsp3) is 0.613. The number of ether oxygens (including phenoxy) is 2. The van der Waals surface area contributed by atoms with Crippen LogP contribution in [0, 0.1) is 17.2 Å². The first-order chi connectivity index (χ1) is 20.8. The van der Waals surface area contributed by atoms with Crippen molar-refractivity contribution in [3.8, 4) is 12.1 Å². The van der Waals surface area contributed by atoms with Gasteiger partial charge in [-0.05, 0) is 59.3 Å². The Balaban J connectivity index is 1.44. The number of aromatic nitrogens is 2. The Morgan fingerprint density at radius 1 is 1.07 bits per heavy atom. The average Bonchev–Trinajstić information content (AvgIpc) is 3.39. The molecule has 3 aliphatic heterocycles. The molecule has 2 aromatic rings. The van der Waals surface area contributed by atoms with Gasteiger partial charge in [-0.3, -0.25) is 0 Å². The van der Waals surface area contributed by atoms with Crippen molar-refractivity contribution in [3.63, 3.8) is 0 Å². The van der Waals surface area contributed by atoms with Gasteiger partial charge < -0.3 is 29.1 Å². The van der Waals surface area contributed by atoms with Crippen LogP contribution < -0.4 is 14.5 Å². The summed E-state index contributed by atoms with van der Waals surface area (Å²) in [4.78, 5) is 30.1. The number of piperazine rings is 1. The first kappa shape index (κ1) is 31.6. The number of carbonyl (C=O) groups excluding carboxylic acids is 1. The number of para-hydroxylation sites is 1. The minimum absolute atomic E-state index is 0.113. The molecule has 3 aliphatic rings. The molecule has 2 fully saturated rings. The van der Waals surface area contributed by atoms with Crippen molar-refractivity contribution >= 4 is 17.6 Å². The maximum atomic E-state index is 13.9. The van der Waals surface area contributed by atoms with Crippen LogP contribution in [-0.2, 0) is 23.9 Å². The van der Waals surface area contributed by atoms with Gasteiger partial charge in [0.1, 0.15) is 11.4 Å². The van der Waals surface area contributed by atoms with Crippen LogP contribution >= 0.6 is 0 Å². The van der Waals surface area contributed by atoms with Gasteiger partial charge >= 0.3 is 18.3 Å². The largest absolute Gasteiger partial charge is 0.463 e. The van der Waals surface area contributed by atoms with Gasteiger partial charge in [0.25, 0.3) is 0 Å². The van der Waals surface area contributed by atoms with Gasteiger partial charge in [0.05, 0.1) is 42.9 Å². The van der Waals surface area contributed by atoms with E-state index in [1.165, 1.54) is 12.1 Å². The van der Waals surface area contributed by atoms with Gasteiger partial charge in [-0.15, -0.1) is 0 Å². The molecular formula is C31H40F3N7O3. The predicted molar refractivity (Wildman–Crippen MR) is 158 cm³/mol. The Bertz CT molecular complexity index is 1390. The average molecular weight is 616 g/mol. The number of nitriles is 1. The number of anilines is 2. The predicted octanol–water partition coefficient (Wildman–Crippen LogP) is 4.73. The van der Waals surface area contributed by atoms with E-state index in [9.17, 15) is 23.2 Å². The monoisotopic (exact) mass is 615 g/mol. The Kier molecular flexibility index (Phi) is 9.11. The quantitative estimate of drug-likeness (QED) is 0.457. The number of alkyl halides is 3. The highest BCUT2D eigenvalue weighted by molar-refractivity contribution is 5.69. The minimum atomic E-state index is -4.49. The number of amides is 1. The SMILES string of the molecule is CN1CC[C@@H](COc2nc3c(c(N4CCN(C(=O)OC(C)(C)C)C(CC#N)C4)n2)CCN(c2ccccc2C(F)(F)F)C3)C1. The second kappa shape index (κ2) is 12.7. The third-order valence-corrected chi connectivity index (χ3v) is 8.25. The lowest BCUT2D eigenvalue weighted by atomic mass is 10.0. The molecule has 0 saturated carbocycles. The number of carbonyl (C=O) groups is 1. The third kappa shape index (κ3) is 7.29. The first-order valence-electron chi connectivity index (χ1n) is 15.1. The maximum Gasteiger partial charge on any atom is 0.418 e. The Morgan fingerprint density at radius 3 is 2.52 bits per heavy atom. The lowest BCUT2D eigenvalue weighted by Gasteiger charge is -2.42. The number of rotatable bonds is 6. The zero-order chi connectivity index (χ0) is 31.6. The van der Waals surface area contributed by atoms with Crippen molar-refractivity contribution in [2.75, 3.05) is 62.7 Å². The van der Waals surface area contributed by atoms with Crippen molar-refractivity contribution in [2.24, 2.45) is 5.92 Å². The van der Waals surface area contributed by atoms with Gasteiger partial charge in [0, 0.05) is 49.9 Å². The Labute approximate surface area is 256 Å². The number of likely N-dealkylation sites (tertiary alicyclic amines) is 1. The molecular weight excluding hydrogens is 575 g/mol. The first-order valence-corrected chi connectivity index (χ1v) is 15.1. The van der Waals surface area contributed by atoms with Crippen molar-refractivity contribution in [3.05, 3.63) is 41.1 Å². The summed E-state index contributed by atoms with van der Waals surface area (Å²) in [6, 6.07) is 7.55. The Morgan fingerprint density at radius 2 is 1.84 bits per heavy atom. The zero-order valence-electron chi connectivity index (χ0n) is 25.7. The second-order valence-electron chi connectivity index (χ2n) is 12.8. The molecule has 1 aromatic heterocycles. The van der Waals surface area contributed by atoms with E-state index in [1.807, 2.05) is 4.90 Å². The molecule has 4 heterocycles. The highest BCUT2D eigenvalue weighted by Crippen LogP contribution is 2.39. The van der Waals surface area contributed by atoms with E-state index in [4.69, 9.17) is 19.4 Å². The fourth-order valence-corrected chi connectivity index (χ4v) is 6.15. The summed E-state index contributed by atoms with van der Waals surface area (Å²) >= 11 is 0. The molecule has 1 aromatic carbocycles. The lowest BCUT2D eigenvalue weighted by molar-refractivity contribution is -0.137. The minimum Gasteiger partial charge on any atom is -0.463 e. The molecule has 0 aliphatic carbocycles. The molecule has 44 heavy (non-hydrogen) atoms. The Hall–Kier alpha value is -3.79. The normalized spacial score (nSPS) is 21.2. The van der Waals surface area contributed by atoms with Crippen LogP contribution in [0.5, 0.6) is 6.01 Å². The summed E-state index contributed by atoms with van der Waals surface area (Å²) in [7, 11) is 2.06. The zero-order valence-corrected chi connectivity index (χ0v) is 25.7. The summed E-state index contributed by atoms with van der Waals surface area (Å²) in [6.07, 6.45) is -3.41. The van der Waals surface area contributed by atoms with Crippen LogP contribution in [0.15, 0.2) is 24.3 Å². The number of hydrogen-bond donors (Lipinski definition) is 0. The summed E-state index contributed by atoms with van der Waals surface area (Å²) < 4.78 is 53.4. The van der Waals surface area contributed by atoms with E-state index < -0.39 is 29.5 Å². The molecule has 238 valence electrons. The van der Waals surface area contributed by atoms with E-state index in [2.05, 4.69) is 18.0 Å². The molecule has 5 rings (SSSR count). The smallest absolute Gasteiger partial charge is 0.418 e. The molecule has 0 radical (unpaired) electrons. The van der Waals surface area contributed by atoms with Gasteiger partial charge in [-0.25, -0.2) is 4.79 Å². The molecule has 2 atom stereocenters. The summed E-state index contributed by atoms with van der Waals surface area (Å²) in [5.41, 5.74) is 0.219. The van der Waals surface area contributed by atoms with E-state index in [0.717, 1.165) is 31.1 Å². The van der Waals surface area contributed by atoms with Crippen molar-refractivity contribution in [2.45, 2.75) is 64.4 Å². The number of hydrogen-bond acceptors (Lipinski definition) is 9. The third-order valence-electron chi connectivity index (χ3n) is 8.25. The molecule has 0 N–H and O–H groups in total. The van der Waals surface area contributed by atoms with Gasteiger partial charge in [0.15, 0.2) is 0 Å². The lowest BCUT2D eigenvalue weighted by Crippen LogP contribution is -2.56. The summed E-state index contributed by atoms with van der Waals surface area (Å²) in [6.45, 7) is 9.37. The van der Waals surface area contributed by atoms with Crippen molar-refractivity contribution < 1.29 is 27.4 Å². The van der Waals surface area contributed by atoms with Crippen molar-refractivity contribution in [1.29, 1.82) is 5.26 Å². The maximum absolute atomic E-state index is 13.9. The van der Waals surface area contributed by atoms with E-state index >= 15 is 0 Å². The van der Waals surface area contributed by atoms with E-state index in [-0.39, 0.29) is 24.7 Å². The van der Waals surface area contributed by atoms with Crippen molar-refractivity contribution in [1.82, 2.24) is 19.8 Å². The van der Waals surface area contributed by atoms with Crippen LogP contribution in [0.4, 0.5) is 29.5 Å². The number of nitrogens with zero attached hydrogens (tertiary/aromatic N) is 7. The standard InChI is InChI=1S/C31H40F3N7O3/c1-30(2,3)44-29(42)41-16-15-40(18-22(41)9-12-35)27-23-11-14-39(26-8-6-5-7-24(26)31(32,33)34)19-25(23)36-28(37-27)43-20-21-10-13-38(4)17-21/h5-8,21-22H,9-11,13-20H2,1-4H3/t21-,22?/m1/s1. The molecule has 2 saturated heterocycles. The topological polar surface area (TPSA) is 98.1 Å². The van der Waals surface area contributed by atoms with Crippen LogP contribution in [0.25, 0.3) is 0 Å². The van der Waals surface area contributed by atoms with E-state index in [1.54, 1.807) is 36.6 Å². The van der Waals surface area contributed by atoms with Gasteiger partial charge in [0.2, 0.25) is 0 Å². The number of halogens is 3. The van der Waals surface area contributed by atoms with Crippen LogP contribution in [0.3, 0.4) is 0 Å². The second-order valence-corrected chi connectivity index (χ2v) is 12.8. The van der Waals surface area contributed by atoms with Crippen LogP contribution in [0.2, 0.25) is 0 Å². The highest BCUT2D eigenvalue weighted by atomic mass is 19.4. The molecule has 0 spiro atoms. The summed E-state index contributed by atoms with van der Waals surface area (Å²) in [5.74, 6) is 0.972. The van der Waals surface area contributed by atoms with Gasteiger partial charge in [-0.1, -0.05) is 12.1 Å². The van der Waals surface area contributed by atoms with Crippen LogP contribution in [-0.4, -0.2) is 90.4 Å². The molecule has 1 unspecified atom stereocenters. The van der Waals surface area contributed by atoms with Gasteiger partial charge in [-0.2, -0.15) is 28.4 Å². The fourth-order valence-electron chi connectivity index (χ4n) is 6.15.